The Kier molecular flexibility index (Phi) is 4.28. The Morgan fingerprint density at radius 3 is 2.73 bits per heavy atom. The number of oxazole rings is 1. The van der Waals surface area contributed by atoms with Gasteiger partial charge in [0.05, 0.1) is 11.2 Å². The number of rotatable bonds is 2. The maximum absolute atomic E-state index is 13.4. The maximum Gasteiger partial charge on any atom is 0.270 e. The zero-order valence-corrected chi connectivity index (χ0v) is 16.4. The lowest BCUT2D eigenvalue weighted by Gasteiger charge is -2.33. The molecule has 0 unspecified atom stereocenters. The van der Waals surface area contributed by atoms with E-state index < -0.39 is 0 Å². The molecule has 1 aliphatic rings. The zero-order valence-electron chi connectivity index (χ0n) is 16.4. The molecule has 0 radical (unpaired) electrons. The van der Waals surface area contributed by atoms with Crippen molar-refractivity contribution in [1.29, 1.82) is 5.26 Å². The minimum Gasteiger partial charge on any atom is -0.440 e. The fourth-order valence-corrected chi connectivity index (χ4v) is 4.35. The summed E-state index contributed by atoms with van der Waals surface area (Å²) in [6, 6.07) is 14.1. The topological polar surface area (TPSA) is 75.1 Å². The van der Waals surface area contributed by atoms with Crippen LogP contribution < -0.4 is 10.5 Å². The Morgan fingerprint density at radius 1 is 1.20 bits per heavy atom. The van der Waals surface area contributed by atoms with E-state index in [1.807, 2.05) is 24.3 Å². The highest BCUT2D eigenvalue weighted by atomic mass is 19.1. The fraction of sp³-hybridized carbons (Fsp3) is 0.261. The van der Waals surface area contributed by atoms with Crippen LogP contribution in [0.3, 0.4) is 0 Å². The van der Waals surface area contributed by atoms with Gasteiger partial charge in [-0.25, -0.2) is 9.37 Å². The highest BCUT2D eigenvalue weighted by Gasteiger charge is 2.28. The largest absolute Gasteiger partial charge is 0.440 e. The zero-order chi connectivity index (χ0) is 20.8. The van der Waals surface area contributed by atoms with Gasteiger partial charge in [-0.15, -0.1) is 0 Å². The molecule has 0 N–H and O–H groups in total. The van der Waals surface area contributed by atoms with E-state index in [1.165, 1.54) is 16.7 Å². The summed E-state index contributed by atoms with van der Waals surface area (Å²) in [7, 11) is 1.69. The second kappa shape index (κ2) is 6.99. The monoisotopic (exact) mass is 402 g/mol. The molecule has 7 heteroatoms. The third-order valence-electron chi connectivity index (χ3n) is 5.91. The van der Waals surface area contributed by atoms with Gasteiger partial charge in [-0.05, 0) is 31.0 Å². The van der Waals surface area contributed by atoms with E-state index in [9.17, 15) is 14.4 Å². The number of nitriles is 1. The van der Waals surface area contributed by atoms with Crippen LogP contribution in [-0.2, 0) is 7.05 Å². The summed E-state index contributed by atoms with van der Waals surface area (Å²) in [6.45, 7) is 1.34. The Balaban J connectivity index is 1.48. The number of nitrogens with zero attached hydrogens (tertiary/aromatic N) is 4. The number of aryl methyl sites for hydroxylation is 1. The van der Waals surface area contributed by atoms with Crippen molar-refractivity contribution in [3.63, 3.8) is 0 Å². The minimum absolute atomic E-state index is 0.111. The second-order valence-corrected chi connectivity index (χ2v) is 7.64. The molecule has 1 aliphatic heterocycles. The molecule has 0 spiro atoms. The summed E-state index contributed by atoms with van der Waals surface area (Å²) in [5.74, 6) is 0.392. The molecule has 2 aromatic carbocycles. The Bertz CT molecular complexity index is 1370. The standard InChI is InChI=1S/C23H19FN4O2/c1-27-19-5-3-2-4-16(19)21(17(13-25)23(27)29)28-10-8-14(9-11-28)22-26-18-12-15(24)6-7-20(18)30-22/h2-7,12,14H,8-11H2,1H3. The molecule has 6 nitrogen and oxygen atoms in total. The quantitative estimate of drug-likeness (QED) is 0.505. The van der Waals surface area contributed by atoms with Gasteiger partial charge >= 0.3 is 0 Å². The maximum atomic E-state index is 13.4. The normalized spacial score (nSPS) is 15.0. The molecule has 150 valence electrons. The SMILES string of the molecule is Cn1c(=O)c(C#N)c(N2CCC(c3nc4cc(F)ccc4o3)CC2)c2ccccc21. The number of para-hydroxylation sites is 1. The van der Waals surface area contributed by atoms with Gasteiger partial charge in [-0.2, -0.15) is 5.26 Å². The molecule has 0 saturated carbocycles. The number of pyridine rings is 1. The van der Waals surface area contributed by atoms with Crippen molar-refractivity contribution in [3.05, 3.63) is 70.1 Å². The molecule has 2 aromatic heterocycles. The average molecular weight is 402 g/mol. The molecule has 30 heavy (non-hydrogen) atoms. The summed E-state index contributed by atoms with van der Waals surface area (Å²) in [5.41, 5.74) is 2.50. The van der Waals surface area contributed by atoms with Gasteiger partial charge in [0.15, 0.2) is 11.5 Å². The number of halogens is 1. The molecule has 0 aliphatic carbocycles. The van der Waals surface area contributed by atoms with Crippen LogP contribution in [0.5, 0.6) is 0 Å². The summed E-state index contributed by atoms with van der Waals surface area (Å²) >= 11 is 0. The fourth-order valence-electron chi connectivity index (χ4n) is 4.35. The van der Waals surface area contributed by atoms with Crippen LogP contribution in [0, 0.1) is 17.1 Å². The van der Waals surface area contributed by atoms with Gasteiger partial charge in [0.2, 0.25) is 0 Å². The lowest BCUT2D eigenvalue weighted by molar-refractivity contribution is 0.407. The number of anilines is 1. The van der Waals surface area contributed by atoms with Crippen molar-refractivity contribution in [1.82, 2.24) is 9.55 Å². The van der Waals surface area contributed by atoms with E-state index in [1.54, 1.807) is 13.1 Å². The number of benzene rings is 2. The van der Waals surface area contributed by atoms with E-state index >= 15 is 0 Å². The number of aromatic nitrogens is 2. The summed E-state index contributed by atoms with van der Waals surface area (Å²) < 4.78 is 20.8. The number of hydrogen-bond acceptors (Lipinski definition) is 5. The Morgan fingerprint density at radius 2 is 1.97 bits per heavy atom. The molecule has 0 bridgehead atoms. The van der Waals surface area contributed by atoms with Crippen LogP contribution in [0.25, 0.3) is 22.0 Å². The predicted molar refractivity (Wildman–Crippen MR) is 112 cm³/mol. The third-order valence-corrected chi connectivity index (χ3v) is 5.91. The smallest absolute Gasteiger partial charge is 0.270 e. The molecular formula is C23H19FN4O2. The van der Waals surface area contributed by atoms with Gasteiger partial charge in [0, 0.05) is 37.5 Å². The molecule has 3 heterocycles. The van der Waals surface area contributed by atoms with Crippen LogP contribution in [0.2, 0.25) is 0 Å². The van der Waals surface area contributed by atoms with E-state index in [0.29, 0.717) is 35.8 Å². The first-order valence-electron chi connectivity index (χ1n) is 9.89. The van der Waals surface area contributed by atoms with E-state index in [-0.39, 0.29) is 22.9 Å². The Hall–Kier alpha value is -3.66. The number of hydrogen-bond donors (Lipinski definition) is 0. The first kappa shape index (κ1) is 18.4. The lowest BCUT2D eigenvalue weighted by Crippen LogP contribution is -2.35. The first-order valence-corrected chi connectivity index (χ1v) is 9.89. The van der Waals surface area contributed by atoms with Crippen LogP contribution >= 0.6 is 0 Å². The van der Waals surface area contributed by atoms with Crippen molar-refractivity contribution in [2.75, 3.05) is 18.0 Å². The molecule has 5 rings (SSSR count). The molecule has 0 atom stereocenters. The average Bonchev–Trinajstić information content (AvgIpc) is 3.19. The molecule has 1 saturated heterocycles. The van der Waals surface area contributed by atoms with Gasteiger partial charge < -0.3 is 13.9 Å². The van der Waals surface area contributed by atoms with E-state index in [4.69, 9.17) is 4.42 Å². The van der Waals surface area contributed by atoms with Crippen LogP contribution in [0.4, 0.5) is 10.1 Å². The van der Waals surface area contributed by atoms with Crippen molar-refractivity contribution in [2.45, 2.75) is 18.8 Å². The Labute approximate surface area is 171 Å². The van der Waals surface area contributed by atoms with Crippen LogP contribution in [0.15, 0.2) is 51.7 Å². The van der Waals surface area contributed by atoms with Crippen molar-refractivity contribution >= 4 is 27.7 Å². The van der Waals surface area contributed by atoms with Crippen molar-refractivity contribution in [2.24, 2.45) is 7.05 Å². The third kappa shape index (κ3) is 2.84. The second-order valence-electron chi connectivity index (χ2n) is 7.64. The van der Waals surface area contributed by atoms with E-state index in [2.05, 4.69) is 16.0 Å². The van der Waals surface area contributed by atoms with Gasteiger partial charge in [0.1, 0.15) is 23.0 Å². The van der Waals surface area contributed by atoms with Gasteiger partial charge in [-0.1, -0.05) is 18.2 Å². The molecule has 1 fully saturated rings. The summed E-state index contributed by atoms with van der Waals surface area (Å²) in [4.78, 5) is 19.3. The number of piperidine rings is 1. The van der Waals surface area contributed by atoms with E-state index in [0.717, 1.165) is 23.7 Å². The van der Waals surface area contributed by atoms with Crippen molar-refractivity contribution in [3.8, 4) is 6.07 Å². The van der Waals surface area contributed by atoms with Gasteiger partial charge in [-0.3, -0.25) is 4.79 Å². The van der Waals surface area contributed by atoms with Crippen LogP contribution in [0.1, 0.15) is 30.2 Å². The molecule has 0 amide bonds. The molecular weight excluding hydrogens is 383 g/mol. The van der Waals surface area contributed by atoms with Crippen molar-refractivity contribution < 1.29 is 8.81 Å². The predicted octanol–water partition coefficient (Wildman–Crippen LogP) is 4.07. The summed E-state index contributed by atoms with van der Waals surface area (Å²) in [5, 5.41) is 10.6. The van der Waals surface area contributed by atoms with Gasteiger partial charge in [0.25, 0.3) is 5.56 Å². The lowest BCUT2D eigenvalue weighted by atomic mass is 9.95. The minimum atomic E-state index is -0.335. The summed E-state index contributed by atoms with van der Waals surface area (Å²) in [6.07, 6.45) is 1.54. The first-order chi connectivity index (χ1) is 14.6. The highest BCUT2D eigenvalue weighted by Crippen LogP contribution is 2.35. The molecule has 4 aromatic rings. The highest BCUT2D eigenvalue weighted by molar-refractivity contribution is 5.95. The number of fused-ring (bicyclic) bond motifs is 2. The van der Waals surface area contributed by atoms with Crippen LogP contribution in [-0.4, -0.2) is 22.6 Å².